The second-order valence-corrected chi connectivity index (χ2v) is 6.42. The summed E-state index contributed by atoms with van der Waals surface area (Å²) in [6.07, 6.45) is 1.40. The summed E-state index contributed by atoms with van der Waals surface area (Å²) in [5.74, 6) is -1.55. The highest BCUT2D eigenvalue weighted by Gasteiger charge is 2.22. The van der Waals surface area contributed by atoms with Gasteiger partial charge >= 0.3 is 11.9 Å². The summed E-state index contributed by atoms with van der Waals surface area (Å²) >= 11 is 0. The van der Waals surface area contributed by atoms with Crippen molar-refractivity contribution in [2.24, 2.45) is 0 Å². The summed E-state index contributed by atoms with van der Waals surface area (Å²) in [7, 11) is 0. The van der Waals surface area contributed by atoms with E-state index in [9.17, 15) is 9.59 Å². The van der Waals surface area contributed by atoms with E-state index in [1.165, 1.54) is 6.08 Å². The van der Waals surface area contributed by atoms with Gasteiger partial charge in [0.05, 0.1) is 11.6 Å². The van der Waals surface area contributed by atoms with Crippen LogP contribution in [0.4, 0.5) is 0 Å². The van der Waals surface area contributed by atoms with Crippen molar-refractivity contribution in [2.45, 2.75) is 13.2 Å². The molecule has 0 aromatic heterocycles. The first-order valence-corrected chi connectivity index (χ1v) is 9.29. The molecule has 0 spiro atoms. The molecule has 0 aliphatic carbocycles. The molecule has 0 amide bonds. The van der Waals surface area contributed by atoms with Gasteiger partial charge in [0.2, 0.25) is 0 Å². The Morgan fingerprint density at radius 1 is 0.733 bits per heavy atom. The van der Waals surface area contributed by atoms with E-state index < -0.39 is 11.9 Å². The van der Waals surface area contributed by atoms with Gasteiger partial charge in [-0.3, -0.25) is 0 Å². The first kappa shape index (κ1) is 20.6. The fourth-order valence-corrected chi connectivity index (χ4v) is 2.62. The Labute approximate surface area is 174 Å². The first-order chi connectivity index (χ1) is 14.7. The van der Waals surface area contributed by atoms with Crippen LogP contribution < -0.4 is 0 Å². The molecule has 0 bridgehead atoms. The smallest absolute Gasteiger partial charge is 0.345 e. The molecule has 3 aromatic rings. The van der Waals surface area contributed by atoms with Gasteiger partial charge in [0.25, 0.3) is 0 Å². The molecular weight excluding hydrogens is 378 g/mol. The Bertz CT molecular complexity index is 1010. The van der Waals surface area contributed by atoms with Crippen molar-refractivity contribution < 1.29 is 19.1 Å². The molecule has 0 atom stereocenters. The second kappa shape index (κ2) is 10.4. The Morgan fingerprint density at radius 3 is 1.63 bits per heavy atom. The molecule has 0 saturated heterocycles. The number of hydrogen-bond donors (Lipinski definition) is 0. The lowest BCUT2D eigenvalue weighted by atomic mass is 10.1. The van der Waals surface area contributed by atoms with Gasteiger partial charge < -0.3 is 9.47 Å². The Kier molecular flexibility index (Phi) is 7.12. The number of nitrogens with zero attached hydrogens (tertiary/aromatic N) is 1. The number of carbonyl (C=O) groups is 2. The highest BCUT2D eigenvalue weighted by molar-refractivity contribution is 6.17. The van der Waals surface area contributed by atoms with E-state index >= 15 is 0 Å². The van der Waals surface area contributed by atoms with Gasteiger partial charge in [0.1, 0.15) is 18.8 Å². The van der Waals surface area contributed by atoms with Crippen LogP contribution >= 0.6 is 0 Å². The van der Waals surface area contributed by atoms with Crippen LogP contribution in [0.5, 0.6) is 0 Å². The minimum absolute atomic E-state index is 0.0380. The minimum Gasteiger partial charge on any atom is -0.457 e. The quantitative estimate of drug-likeness (QED) is 0.255. The van der Waals surface area contributed by atoms with Crippen LogP contribution in [0, 0.1) is 11.3 Å². The maximum atomic E-state index is 12.7. The monoisotopic (exact) mass is 397 g/mol. The van der Waals surface area contributed by atoms with Gasteiger partial charge in [-0.05, 0) is 34.9 Å². The predicted octanol–water partition coefficient (Wildman–Crippen LogP) is 4.43. The Hall–Kier alpha value is -4.17. The fourth-order valence-electron chi connectivity index (χ4n) is 2.62. The minimum atomic E-state index is -0.777. The number of hydrogen-bond acceptors (Lipinski definition) is 5. The number of benzene rings is 3. The Balaban J connectivity index is 1.77. The zero-order valence-electron chi connectivity index (χ0n) is 16.2. The molecule has 3 aromatic carbocycles. The first-order valence-electron chi connectivity index (χ1n) is 9.29. The van der Waals surface area contributed by atoms with Crippen molar-refractivity contribution in [3.63, 3.8) is 0 Å². The topological polar surface area (TPSA) is 76.4 Å². The third-order valence-electron chi connectivity index (χ3n) is 4.22. The summed E-state index contributed by atoms with van der Waals surface area (Å²) in [5, 5.41) is 8.93. The van der Waals surface area contributed by atoms with Crippen molar-refractivity contribution in [1.29, 1.82) is 5.26 Å². The summed E-state index contributed by atoms with van der Waals surface area (Å²) < 4.78 is 10.6. The largest absolute Gasteiger partial charge is 0.457 e. The van der Waals surface area contributed by atoms with Gasteiger partial charge in [0.15, 0.2) is 0 Å². The van der Waals surface area contributed by atoms with Gasteiger partial charge in [-0.1, -0.05) is 72.8 Å². The zero-order valence-corrected chi connectivity index (χ0v) is 16.2. The number of rotatable bonds is 7. The van der Waals surface area contributed by atoms with Crippen molar-refractivity contribution in [3.05, 3.63) is 113 Å². The van der Waals surface area contributed by atoms with Crippen LogP contribution in [-0.4, -0.2) is 11.9 Å². The van der Waals surface area contributed by atoms with Crippen molar-refractivity contribution in [3.8, 4) is 6.07 Å². The third-order valence-corrected chi connectivity index (χ3v) is 4.22. The van der Waals surface area contributed by atoms with E-state index in [2.05, 4.69) is 0 Å². The average molecular weight is 397 g/mol. The highest BCUT2D eigenvalue weighted by Crippen LogP contribution is 2.14. The van der Waals surface area contributed by atoms with Crippen LogP contribution in [0.3, 0.4) is 0 Å². The summed E-state index contributed by atoms with van der Waals surface area (Å²) in [4.78, 5) is 25.3. The number of carbonyl (C=O) groups excluding carboxylic acids is 2. The average Bonchev–Trinajstić information content (AvgIpc) is 2.81. The number of nitriles is 1. The molecule has 0 saturated carbocycles. The molecule has 0 heterocycles. The van der Waals surface area contributed by atoms with Gasteiger partial charge in [-0.15, -0.1) is 0 Å². The number of esters is 2. The third kappa shape index (κ3) is 5.91. The standard InChI is InChI=1S/C25H19NO4/c26-16-20-13-11-19(12-14-20)15-23(24(27)29-17-21-7-3-1-4-8-21)25(28)30-18-22-9-5-2-6-10-22/h1-15H,17-18H2. The van der Waals surface area contributed by atoms with Gasteiger partial charge in [0, 0.05) is 0 Å². The van der Waals surface area contributed by atoms with E-state index in [4.69, 9.17) is 14.7 Å². The van der Waals surface area contributed by atoms with Crippen LogP contribution in [0.15, 0.2) is 90.5 Å². The zero-order chi connectivity index (χ0) is 21.2. The summed E-state index contributed by atoms with van der Waals surface area (Å²) in [5.41, 5.74) is 2.46. The lowest BCUT2D eigenvalue weighted by Crippen LogP contribution is -2.18. The predicted molar refractivity (Wildman–Crippen MR) is 112 cm³/mol. The van der Waals surface area contributed by atoms with E-state index in [-0.39, 0.29) is 18.8 Å². The maximum Gasteiger partial charge on any atom is 0.345 e. The normalized spacial score (nSPS) is 9.83. The van der Waals surface area contributed by atoms with Crippen LogP contribution in [0.2, 0.25) is 0 Å². The van der Waals surface area contributed by atoms with Crippen LogP contribution in [0.1, 0.15) is 22.3 Å². The fraction of sp³-hybridized carbons (Fsp3) is 0.0800. The van der Waals surface area contributed by atoms with Crippen molar-refractivity contribution >= 4 is 18.0 Å². The van der Waals surface area contributed by atoms with Crippen LogP contribution in [0.25, 0.3) is 6.08 Å². The van der Waals surface area contributed by atoms with Crippen molar-refractivity contribution in [1.82, 2.24) is 0 Å². The molecule has 0 N–H and O–H groups in total. The molecule has 0 unspecified atom stereocenters. The molecule has 0 aliphatic heterocycles. The molecule has 0 radical (unpaired) electrons. The van der Waals surface area contributed by atoms with Crippen molar-refractivity contribution in [2.75, 3.05) is 0 Å². The molecule has 5 heteroatoms. The van der Waals surface area contributed by atoms with E-state index in [0.717, 1.165) is 11.1 Å². The number of ether oxygens (including phenoxy) is 2. The summed E-state index contributed by atoms with van der Waals surface area (Å²) in [6.45, 7) is 0.0761. The highest BCUT2D eigenvalue weighted by atomic mass is 16.6. The van der Waals surface area contributed by atoms with E-state index in [1.807, 2.05) is 66.7 Å². The van der Waals surface area contributed by atoms with Crippen LogP contribution in [-0.2, 0) is 32.3 Å². The molecule has 148 valence electrons. The lowest BCUT2D eigenvalue weighted by Gasteiger charge is -2.10. The second-order valence-electron chi connectivity index (χ2n) is 6.42. The SMILES string of the molecule is N#Cc1ccc(C=C(C(=O)OCc2ccccc2)C(=O)OCc2ccccc2)cc1. The lowest BCUT2D eigenvalue weighted by molar-refractivity contribution is -0.148. The van der Waals surface area contributed by atoms with Gasteiger partial charge in [-0.2, -0.15) is 5.26 Å². The molecule has 5 nitrogen and oxygen atoms in total. The molecule has 3 rings (SSSR count). The molecule has 30 heavy (non-hydrogen) atoms. The maximum absolute atomic E-state index is 12.7. The Morgan fingerprint density at radius 2 is 1.20 bits per heavy atom. The summed E-state index contributed by atoms with van der Waals surface area (Å²) in [6, 6.07) is 26.9. The van der Waals surface area contributed by atoms with Gasteiger partial charge in [-0.25, -0.2) is 9.59 Å². The molecule has 0 fully saturated rings. The molecule has 0 aliphatic rings. The molecular formula is C25H19NO4. The van der Waals surface area contributed by atoms with E-state index in [0.29, 0.717) is 11.1 Å². The van der Waals surface area contributed by atoms with E-state index in [1.54, 1.807) is 24.3 Å².